The molecule has 1 atom stereocenters. The van der Waals surface area contributed by atoms with Gasteiger partial charge in [0.2, 0.25) is 11.0 Å². The molecular formula is C15H17FN4O2S2. The maximum atomic E-state index is 13.5. The number of nitrogens with one attached hydrogen (secondary N) is 2. The van der Waals surface area contributed by atoms with Gasteiger partial charge in [-0.3, -0.25) is 4.79 Å². The molecule has 1 aliphatic rings. The highest BCUT2D eigenvalue weighted by atomic mass is 32.2. The molecule has 1 aromatic carbocycles. The second-order valence-corrected chi connectivity index (χ2v) is 7.41. The van der Waals surface area contributed by atoms with Gasteiger partial charge in [-0.25, -0.2) is 4.39 Å². The highest BCUT2D eigenvalue weighted by Gasteiger charge is 2.16. The van der Waals surface area contributed by atoms with Gasteiger partial charge >= 0.3 is 0 Å². The summed E-state index contributed by atoms with van der Waals surface area (Å²) < 4.78 is 19.7. The molecule has 1 aromatic heterocycles. The molecule has 2 heterocycles. The number of halogens is 1. The van der Waals surface area contributed by atoms with E-state index in [1.807, 2.05) is 0 Å². The molecule has 0 spiro atoms. The van der Waals surface area contributed by atoms with Gasteiger partial charge in [-0.15, -0.1) is 10.2 Å². The smallest absolute Gasteiger partial charge is 0.234 e. The minimum absolute atomic E-state index is 0.148. The average Bonchev–Trinajstić information content (AvgIpc) is 3.25. The molecule has 3 rings (SSSR count). The first-order chi connectivity index (χ1) is 11.7. The van der Waals surface area contributed by atoms with Crippen molar-refractivity contribution in [2.75, 3.05) is 29.5 Å². The van der Waals surface area contributed by atoms with Gasteiger partial charge in [-0.2, -0.15) is 0 Å². The Labute approximate surface area is 147 Å². The number of ether oxygens (including phenoxy) is 1. The van der Waals surface area contributed by atoms with E-state index in [9.17, 15) is 9.18 Å². The van der Waals surface area contributed by atoms with Gasteiger partial charge in [-0.1, -0.05) is 35.2 Å². The summed E-state index contributed by atoms with van der Waals surface area (Å²) in [6, 6.07) is 6.07. The Morgan fingerprint density at radius 3 is 3.08 bits per heavy atom. The lowest BCUT2D eigenvalue weighted by Gasteiger charge is -2.08. The predicted molar refractivity (Wildman–Crippen MR) is 93.1 cm³/mol. The third-order valence-corrected chi connectivity index (χ3v) is 5.40. The predicted octanol–water partition coefficient (Wildman–Crippen LogP) is 3.00. The summed E-state index contributed by atoms with van der Waals surface area (Å²) in [6.07, 6.45) is 2.39. The number of rotatable bonds is 7. The molecule has 1 aliphatic heterocycles. The van der Waals surface area contributed by atoms with Crippen LogP contribution < -0.4 is 10.6 Å². The lowest BCUT2D eigenvalue weighted by Crippen LogP contribution is -2.18. The minimum atomic E-state index is -0.451. The van der Waals surface area contributed by atoms with E-state index in [2.05, 4.69) is 20.8 Å². The van der Waals surface area contributed by atoms with Gasteiger partial charge in [0.15, 0.2) is 4.34 Å². The number of amides is 1. The van der Waals surface area contributed by atoms with Gasteiger partial charge in [0.05, 0.1) is 17.5 Å². The lowest BCUT2D eigenvalue weighted by atomic mass is 10.2. The Kier molecular flexibility index (Phi) is 6.00. The summed E-state index contributed by atoms with van der Waals surface area (Å²) in [5.41, 5.74) is 0.180. The molecule has 1 saturated heterocycles. The molecule has 24 heavy (non-hydrogen) atoms. The van der Waals surface area contributed by atoms with Crippen molar-refractivity contribution >= 4 is 39.8 Å². The summed E-state index contributed by atoms with van der Waals surface area (Å²) in [4.78, 5) is 11.9. The van der Waals surface area contributed by atoms with E-state index >= 15 is 0 Å². The second kappa shape index (κ2) is 8.41. The molecule has 9 heteroatoms. The second-order valence-electron chi connectivity index (χ2n) is 5.21. The Balaban J connectivity index is 1.43. The third kappa shape index (κ3) is 4.89. The molecule has 0 saturated carbocycles. The summed E-state index contributed by atoms with van der Waals surface area (Å²) in [5, 5.41) is 14.5. The van der Waals surface area contributed by atoms with Gasteiger partial charge in [0, 0.05) is 13.2 Å². The summed E-state index contributed by atoms with van der Waals surface area (Å²) in [5.74, 6) is -0.587. The number of carbonyl (C=O) groups is 1. The quantitative estimate of drug-likeness (QED) is 0.732. The van der Waals surface area contributed by atoms with Crippen LogP contribution in [0.25, 0.3) is 0 Å². The van der Waals surface area contributed by atoms with Crippen LogP contribution in [0.4, 0.5) is 15.2 Å². The topological polar surface area (TPSA) is 76.1 Å². The fourth-order valence-electron chi connectivity index (χ4n) is 2.22. The van der Waals surface area contributed by atoms with Crippen LogP contribution in [0, 0.1) is 5.82 Å². The van der Waals surface area contributed by atoms with E-state index in [0.29, 0.717) is 16.0 Å². The minimum Gasteiger partial charge on any atom is -0.376 e. The first-order valence-corrected chi connectivity index (χ1v) is 9.37. The molecule has 0 bridgehead atoms. The standard InChI is InChI=1S/C15H17FN4O2S2/c16-11-5-1-2-6-12(11)18-13(21)9-23-15-20-19-14(24-15)17-8-10-4-3-7-22-10/h1-2,5-6,10H,3-4,7-9H2,(H,17,19)(H,18,21). The average molecular weight is 368 g/mol. The van der Waals surface area contributed by atoms with E-state index in [1.165, 1.54) is 35.2 Å². The number of hydrogen-bond donors (Lipinski definition) is 2. The lowest BCUT2D eigenvalue weighted by molar-refractivity contribution is -0.113. The SMILES string of the molecule is O=C(CSc1nnc(NCC2CCCO2)s1)Nc1ccccc1F. The van der Waals surface area contributed by atoms with E-state index < -0.39 is 5.82 Å². The Hall–Kier alpha value is -1.71. The van der Waals surface area contributed by atoms with Crippen molar-refractivity contribution in [3.63, 3.8) is 0 Å². The third-order valence-electron chi connectivity index (χ3n) is 3.39. The van der Waals surface area contributed by atoms with Crippen LogP contribution in [0.5, 0.6) is 0 Å². The van der Waals surface area contributed by atoms with Crippen LogP contribution in [0.3, 0.4) is 0 Å². The molecule has 2 aromatic rings. The van der Waals surface area contributed by atoms with Crippen LogP contribution in [0.1, 0.15) is 12.8 Å². The molecule has 2 N–H and O–H groups in total. The highest BCUT2D eigenvalue weighted by Crippen LogP contribution is 2.26. The van der Waals surface area contributed by atoms with E-state index in [4.69, 9.17) is 4.74 Å². The summed E-state index contributed by atoms with van der Waals surface area (Å²) >= 11 is 2.66. The zero-order valence-electron chi connectivity index (χ0n) is 12.8. The number of aromatic nitrogens is 2. The molecule has 6 nitrogen and oxygen atoms in total. The van der Waals surface area contributed by atoms with Crippen molar-refractivity contribution < 1.29 is 13.9 Å². The summed E-state index contributed by atoms with van der Waals surface area (Å²) in [6.45, 7) is 1.54. The van der Waals surface area contributed by atoms with Gasteiger partial charge in [0.25, 0.3) is 0 Å². The number of nitrogens with zero attached hydrogens (tertiary/aromatic N) is 2. The molecular weight excluding hydrogens is 351 g/mol. The fraction of sp³-hybridized carbons (Fsp3) is 0.400. The van der Waals surface area contributed by atoms with Gasteiger partial charge in [0.1, 0.15) is 5.82 Å². The van der Waals surface area contributed by atoms with E-state index in [1.54, 1.807) is 12.1 Å². The Morgan fingerprint density at radius 1 is 1.42 bits per heavy atom. The van der Waals surface area contributed by atoms with Gasteiger partial charge < -0.3 is 15.4 Å². The molecule has 1 fully saturated rings. The number of benzene rings is 1. The largest absolute Gasteiger partial charge is 0.376 e. The van der Waals surface area contributed by atoms with Crippen LogP contribution in [0.2, 0.25) is 0 Å². The summed E-state index contributed by atoms with van der Waals surface area (Å²) in [7, 11) is 0. The fourth-order valence-corrected chi connectivity index (χ4v) is 3.78. The van der Waals surface area contributed by atoms with Crippen molar-refractivity contribution in [2.45, 2.75) is 23.3 Å². The molecule has 0 aliphatic carbocycles. The number of hydrogen-bond acceptors (Lipinski definition) is 7. The van der Waals surface area contributed by atoms with E-state index in [0.717, 1.165) is 19.4 Å². The Bertz CT molecular complexity index is 692. The first kappa shape index (κ1) is 17.1. The van der Waals surface area contributed by atoms with Crippen molar-refractivity contribution in [3.8, 4) is 0 Å². The molecule has 1 amide bonds. The number of carbonyl (C=O) groups excluding carboxylic acids is 1. The van der Waals surface area contributed by atoms with Crippen molar-refractivity contribution in [1.29, 1.82) is 0 Å². The van der Waals surface area contributed by atoms with Crippen LogP contribution in [-0.4, -0.2) is 41.1 Å². The maximum Gasteiger partial charge on any atom is 0.234 e. The number of thioether (sulfide) groups is 1. The maximum absolute atomic E-state index is 13.5. The molecule has 128 valence electrons. The van der Waals surface area contributed by atoms with Crippen molar-refractivity contribution in [2.24, 2.45) is 0 Å². The van der Waals surface area contributed by atoms with Gasteiger partial charge in [-0.05, 0) is 25.0 Å². The zero-order valence-corrected chi connectivity index (χ0v) is 14.5. The first-order valence-electron chi connectivity index (χ1n) is 7.57. The van der Waals surface area contributed by atoms with Crippen molar-refractivity contribution in [3.05, 3.63) is 30.1 Å². The van der Waals surface area contributed by atoms with E-state index in [-0.39, 0.29) is 23.5 Å². The molecule has 1 unspecified atom stereocenters. The normalized spacial score (nSPS) is 17.0. The number of para-hydroxylation sites is 1. The molecule has 0 radical (unpaired) electrons. The van der Waals surface area contributed by atoms with Crippen LogP contribution in [-0.2, 0) is 9.53 Å². The van der Waals surface area contributed by atoms with Crippen molar-refractivity contribution in [1.82, 2.24) is 10.2 Å². The Morgan fingerprint density at radius 2 is 2.29 bits per heavy atom. The zero-order chi connectivity index (χ0) is 16.8. The van der Waals surface area contributed by atoms with Crippen LogP contribution in [0.15, 0.2) is 28.6 Å². The monoisotopic (exact) mass is 368 g/mol. The highest BCUT2D eigenvalue weighted by molar-refractivity contribution is 8.01. The van der Waals surface area contributed by atoms with Crippen LogP contribution >= 0.6 is 23.1 Å². The number of anilines is 2.